The van der Waals surface area contributed by atoms with Crippen molar-refractivity contribution < 1.29 is 0 Å². The predicted octanol–water partition coefficient (Wildman–Crippen LogP) is 1.89. The summed E-state index contributed by atoms with van der Waals surface area (Å²) in [6.07, 6.45) is 1.38. The normalized spacial score (nSPS) is 23.7. The highest BCUT2D eigenvalue weighted by atomic mass is 15.4. The zero-order chi connectivity index (χ0) is 10.5. The van der Waals surface area contributed by atoms with Gasteiger partial charge in [0.2, 0.25) is 0 Å². The van der Waals surface area contributed by atoms with Gasteiger partial charge in [-0.25, -0.2) is 0 Å². The minimum absolute atomic E-state index is 0.533. The highest BCUT2D eigenvalue weighted by Crippen LogP contribution is 2.39. The van der Waals surface area contributed by atoms with Gasteiger partial charge in [-0.05, 0) is 32.5 Å². The molecule has 2 heterocycles. The van der Waals surface area contributed by atoms with Crippen molar-refractivity contribution in [2.24, 2.45) is 0 Å². The van der Waals surface area contributed by atoms with Gasteiger partial charge in [-0.3, -0.25) is 4.90 Å². The Kier molecular flexibility index (Phi) is 1.84. The van der Waals surface area contributed by atoms with Crippen molar-refractivity contribution in [3.63, 3.8) is 0 Å². The number of aryl methyl sites for hydroxylation is 1. The monoisotopic (exact) mass is 202 g/mol. The van der Waals surface area contributed by atoms with E-state index in [1.165, 1.54) is 37.3 Å². The molecular formula is C13H18N2. The van der Waals surface area contributed by atoms with Gasteiger partial charge in [0.25, 0.3) is 0 Å². The van der Waals surface area contributed by atoms with Gasteiger partial charge in [0.1, 0.15) is 0 Å². The summed E-state index contributed by atoms with van der Waals surface area (Å²) < 4.78 is 0. The molecule has 0 aromatic heterocycles. The lowest BCUT2D eigenvalue weighted by Crippen LogP contribution is -2.75. The summed E-state index contributed by atoms with van der Waals surface area (Å²) in [7, 11) is 2.25. The van der Waals surface area contributed by atoms with Gasteiger partial charge in [-0.1, -0.05) is 17.7 Å². The molecule has 3 rings (SSSR count). The van der Waals surface area contributed by atoms with Gasteiger partial charge in [0.05, 0.1) is 5.54 Å². The summed E-state index contributed by atoms with van der Waals surface area (Å²) in [5, 5.41) is 0. The molecule has 1 aromatic rings. The van der Waals surface area contributed by atoms with Crippen LogP contribution in [0.3, 0.4) is 0 Å². The van der Waals surface area contributed by atoms with Gasteiger partial charge in [0, 0.05) is 25.3 Å². The number of rotatable bonds is 1. The van der Waals surface area contributed by atoms with Crippen molar-refractivity contribution in [3.05, 3.63) is 29.8 Å². The fourth-order valence-corrected chi connectivity index (χ4v) is 2.65. The van der Waals surface area contributed by atoms with Crippen molar-refractivity contribution in [2.45, 2.75) is 18.9 Å². The van der Waals surface area contributed by atoms with Gasteiger partial charge in [-0.15, -0.1) is 0 Å². The Morgan fingerprint density at radius 2 is 1.80 bits per heavy atom. The van der Waals surface area contributed by atoms with Crippen LogP contribution in [-0.4, -0.2) is 37.1 Å². The van der Waals surface area contributed by atoms with Crippen LogP contribution in [-0.2, 0) is 0 Å². The summed E-state index contributed by atoms with van der Waals surface area (Å²) in [5.41, 5.74) is 3.26. The van der Waals surface area contributed by atoms with Gasteiger partial charge < -0.3 is 4.90 Å². The Morgan fingerprint density at radius 3 is 2.27 bits per heavy atom. The molecule has 0 unspecified atom stereocenters. The molecule has 2 aliphatic heterocycles. The van der Waals surface area contributed by atoms with Crippen molar-refractivity contribution in [1.29, 1.82) is 0 Å². The minimum atomic E-state index is 0.533. The first-order valence-corrected chi connectivity index (χ1v) is 5.73. The molecule has 0 radical (unpaired) electrons. The van der Waals surface area contributed by atoms with Gasteiger partial charge >= 0.3 is 0 Å². The third kappa shape index (κ3) is 1.28. The Labute approximate surface area is 91.5 Å². The average molecular weight is 202 g/mol. The summed E-state index contributed by atoms with van der Waals surface area (Å²) >= 11 is 0. The lowest BCUT2D eigenvalue weighted by molar-refractivity contribution is -0.0127. The molecule has 0 N–H and O–H groups in total. The van der Waals surface area contributed by atoms with Crippen molar-refractivity contribution in [2.75, 3.05) is 31.6 Å². The fourth-order valence-electron chi connectivity index (χ4n) is 2.65. The van der Waals surface area contributed by atoms with Crippen LogP contribution >= 0.6 is 0 Å². The second-order valence-electron chi connectivity index (χ2n) is 5.09. The highest BCUT2D eigenvalue weighted by molar-refractivity contribution is 5.52. The van der Waals surface area contributed by atoms with E-state index in [4.69, 9.17) is 0 Å². The van der Waals surface area contributed by atoms with Crippen LogP contribution in [0.25, 0.3) is 0 Å². The third-order valence-corrected chi connectivity index (χ3v) is 4.09. The second-order valence-corrected chi connectivity index (χ2v) is 5.09. The number of hydrogen-bond acceptors (Lipinski definition) is 2. The largest absolute Gasteiger partial charge is 0.368 e. The van der Waals surface area contributed by atoms with Crippen LogP contribution in [0.2, 0.25) is 0 Å². The number of likely N-dealkylation sites (N-methyl/N-ethyl adjacent to an activating group) is 1. The van der Waals surface area contributed by atoms with Crippen LogP contribution in [0, 0.1) is 6.92 Å². The van der Waals surface area contributed by atoms with E-state index in [-0.39, 0.29) is 0 Å². The molecule has 2 saturated heterocycles. The maximum atomic E-state index is 2.50. The quantitative estimate of drug-likeness (QED) is 0.686. The summed E-state index contributed by atoms with van der Waals surface area (Å²) in [5.74, 6) is 0. The van der Waals surface area contributed by atoms with Crippen LogP contribution < -0.4 is 4.90 Å². The molecule has 1 spiro atoms. The lowest BCUT2D eigenvalue weighted by Gasteiger charge is -2.62. The Hall–Kier alpha value is -1.02. The number of likely N-dealkylation sites (tertiary alicyclic amines) is 1. The molecule has 0 atom stereocenters. The number of benzene rings is 1. The first-order valence-electron chi connectivity index (χ1n) is 5.73. The molecule has 80 valence electrons. The van der Waals surface area contributed by atoms with Crippen molar-refractivity contribution >= 4 is 5.69 Å². The van der Waals surface area contributed by atoms with Gasteiger partial charge in [-0.2, -0.15) is 0 Å². The van der Waals surface area contributed by atoms with E-state index in [0.717, 1.165) is 0 Å². The fraction of sp³-hybridized carbons (Fsp3) is 0.538. The molecule has 2 aliphatic rings. The van der Waals surface area contributed by atoms with E-state index < -0.39 is 0 Å². The van der Waals surface area contributed by atoms with Crippen LogP contribution in [0.1, 0.15) is 12.0 Å². The average Bonchev–Trinajstić information content (AvgIpc) is 2.17. The molecule has 0 saturated carbocycles. The van der Waals surface area contributed by atoms with E-state index in [9.17, 15) is 0 Å². The highest BCUT2D eigenvalue weighted by Gasteiger charge is 2.51. The Balaban J connectivity index is 1.70. The Bertz CT molecular complexity index is 363. The molecule has 15 heavy (non-hydrogen) atoms. The van der Waals surface area contributed by atoms with E-state index in [1.807, 2.05) is 0 Å². The molecule has 1 aromatic carbocycles. The minimum Gasteiger partial charge on any atom is -0.368 e. The number of nitrogens with zero attached hydrogens (tertiary/aromatic N) is 2. The Morgan fingerprint density at radius 1 is 1.13 bits per heavy atom. The van der Waals surface area contributed by atoms with Crippen LogP contribution in [0.5, 0.6) is 0 Å². The molecule has 0 bridgehead atoms. The van der Waals surface area contributed by atoms with Crippen molar-refractivity contribution in [3.8, 4) is 0 Å². The van der Waals surface area contributed by atoms with E-state index in [2.05, 4.69) is 48.0 Å². The SMILES string of the molecule is Cc1ccc(N2CC3(CCN3C)C2)cc1. The smallest absolute Gasteiger partial charge is 0.0569 e. The summed E-state index contributed by atoms with van der Waals surface area (Å²) in [6, 6.07) is 8.87. The van der Waals surface area contributed by atoms with E-state index in [0.29, 0.717) is 5.54 Å². The first kappa shape index (κ1) is 9.22. The zero-order valence-electron chi connectivity index (χ0n) is 9.53. The topological polar surface area (TPSA) is 6.48 Å². The van der Waals surface area contributed by atoms with Crippen molar-refractivity contribution in [1.82, 2.24) is 4.90 Å². The molecule has 0 amide bonds. The number of hydrogen-bond donors (Lipinski definition) is 0. The lowest BCUT2D eigenvalue weighted by atomic mass is 9.78. The van der Waals surface area contributed by atoms with E-state index in [1.54, 1.807) is 0 Å². The maximum Gasteiger partial charge on any atom is 0.0569 e. The zero-order valence-corrected chi connectivity index (χ0v) is 9.53. The molecular weight excluding hydrogens is 184 g/mol. The molecule has 0 aliphatic carbocycles. The molecule has 2 heteroatoms. The maximum absolute atomic E-state index is 2.50. The van der Waals surface area contributed by atoms with Crippen LogP contribution in [0.4, 0.5) is 5.69 Å². The summed E-state index contributed by atoms with van der Waals surface area (Å²) in [6.45, 7) is 5.85. The first-order chi connectivity index (χ1) is 7.20. The summed E-state index contributed by atoms with van der Waals surface area (Å²) in [4.78, 5) is 4.98. The third-order valence-electron chi connectivity index (χ3n) is 4.09. The van der Waals surface area contributed by atoms with Crippen LogP contribution in [0.15, 0.2) is 24.3 Å². The predicted molar refractivity (Wildman–Crippen MR) is 63.4 cm³/mol. The standard InChI is InChI=1S/C13H18N2/c1-11-3-5-12(6-4-11)15-9-13(10-15)7-8-14(13)2/h3-6H,7-10H2,1-2H3. The second kappa shape index (κ2) is 2.99. The number of anilines is 1. The van der Waals surface area contributed by atoms with Gasteiger partial charge in [0.15, 0.2) is 0 Å². The molecule has 2 nitrogen and oxygen atoms in total. The van der Waals surface area contributed by atoms with E-state index >= 15 is 0 Å². The molecule has 2 fully saturated rings.